The van der Waals surface area contributed by atoms with Crippen LogP contribution in [0.25, 0.3) is 0 Å². The van der Waals surface area contributed by atoms with Crippen LogP contribution in [0.5, 0.6) is 0 Å². The Balaban J connectivity index is 2.07. The first-order valence-electron chi connectivity index (χ1n) is 6.02. The van der Waals surface area contributed by atoms with Gasteiger partial charge in [0.15, 0.2) is 0 Å². The lowest BCUT2D eigenvalue weighted by atomic mass is 10.0. The zero-order valence-corrected chi connectivity index (χ0v) is 11.9. The SMILES string of the molecule is OC(Cc1ccc(Cl)c(F)c1)Cc1cccc(Cl)c1F. The second-order valence-electron chi connectivity index (χ2n) is 4.52. The molecule has 0 aliphatic rings. The fraction of sp³-hybridized carbons (Fsp3) is 0.200. The lowest BCUT2D eigenvalue weighted by Crippen LogP contribution is -2.15. The standard InChI is InChI=1S/C15H12Cl2F2O/c16-12-5-4-9(7-14(12)18)6-11(20)8-10-2-1-3-13(17)15(10)19/h1-5,7,11,20H,6,8H2. The second-order valence-corrected chi connectivity index (χ2v) is 5.34. The van der Waals surface area contributed by atoms with Gasteiger partial charge in [-0.15, -0.1) is 0 Å². The topological polar surface area (TPSA) is 20.2 Å². The molecule has 0 saturated carbocycles. The van der Waals surface area contributed by atoms with Crippen molar-refractivity contribution in [3.63, 3.8) is 0 Å². The maximum Gasteiger partial charge on any atom is 0.145 e. The highest BCUT2D eigenvalue weighted by molar-refractivity contribution is 6.31. The van der Waals surface area contributed by atoms with Crippen LogP contribution in [0.4, 0.5) is 8.78 Å². The molecule has 106 valence electrons. The van der Waals surface area contributed by atoms with E-state index in [0.717, 1.165) is 0 Å². The molecule has 2 rings (SSSR count). The maximum atomic E-state index is 13.7. The van der Waals surface area contributed by atoms with E-state index >= 15 is 0 Å². The van der Waals surface area contributed by atoms with Crippen LogP contribution < -0.4 is 0 Å². The molecule has 0 amide bonds. The maximum absolute atomic E-state index is 13.7. The molecule has 1 nitrogen and oxygen atoms in total. The third kappa shape index (κ3) is 3.69. The second kappa shape index (κ2) is 6.53. The number of rotatable bonds is 4. The molecule has 0 fully saturated rings. The highest BCUT2D eigenvalue weighted by Gasteiger charge is 2.13. The zero-order valence-electron chi connectivity index (χ0n) is 10.4. The summed E-state index contributed by atoms with van der Waals surface area (Å²) in [5, 5.41) is 10.0. The van der Waals surface area contributed by atoms with Crippen molar-refractivity contribution in [3.05, 3.63) is 69.2 Å². The number of aliphatic hydroxyl groups is 1. The highest BCUT2D eigenvalue weighted by Crippen LogP contribution is 2.21. The number of benzene rings is 2. The van der Waals surface area contributed by atoms with Crippen molar-refractivity contribution in [2.24, 2.45) is 0 Å². The Hall–Kier alpha value is -1.16. The fourth-order valence-electron chi connectivity index (χ4n) is 1.97. The zero-order chi connectivity index (χ0) is 14.7. The van der Waals surface area contributed by atoms with E-state index in [0.29, 0.717) is 11.1 Å². The summed E-state index contributed by atoms with van der Waals surface area (Å²) in [5.41, 5.74) is 0.932. The molecule has 5 heteroatoms. The molecule has 1 atom stereocenters. The van der Waals surface area contributed by atoms with Crippen LogP contribution in [0.15, 0.2) is 36.4 Å². The molecule has 0 aromatic heterocycles. The predicted octanol–water partition coefficient (Wildman–Crippen LogP) is 4.42. The van der Waals surface area contributed by atoms with Gasteiger partial charge >= 0.3 is 0 Å². The van der Waals surface area contributed by atoms with E-state index in [9.17, 15) is 13.9 Å². The van der Waals surface area contributed by atoms with Gasteiger partial charge in [0.1, 0.15) is 11.6 Å². The summed E-state index contributed by atoms with van der Waals surface area (Å²) in [4.78, 5) is 0. The number of hydrogen-bond acceptors (Lipinski definition) is 1. The minimum absolute atomic E-state index is 0.0206. The highest BCUT2D eigenvalue weighted by atomic mass is 35.5. The number of aliphatic hydroxyl groups excluding tert-OH is 1. The van der Waals surface area contributed by atoms with Crippen LogP contribution >= 0.6 is 23.2 Å². The van der Waals surface area contributed by atoms with E-state index in [1.54, 1.807) is 18.2 Å². The van der Waals surface area contributed by atoms with Crippen molar-refractivity contribution in [2.75, 3.05) is 0 Å². The van der Waals surface area contributed by atoms with E-state index in [1.165, 1.54) is 18.2 Å². The fourth-order valence-corrected chi connectivity index (χ4v) is 2.28. The summed E-state index contributed by atoms with van der Waals surface area (Å²) in [6.07, 6.45) is -0.514. The van der Waals surface area contributed by atoms with Gasteiger partial charge in [0.05, 0.1) is 16.1 Å². The largest absolute Gasteiger partial charge is 0.392 e. The third-order valence-electron chi connectivity index (χ3n) is 2.94. The first kappa shape index (κ1) is 15.2. The van der Waals surface area contributed by atoms with E-state index in [2.05, 4.69) is 0 Å². The summed E-state index contributed by atoms with van der Waals surface area (Å²) in [5.74, 6) is -1.07. The Kier molecular flexibility index (Phi) is 4.97. The molecule has 1 N–H and O–H groups in total. The Bertz CT molecular complexity index is 617. The molecule has 0 bridgehead atoms. The summed E-state index contributed by atoms with van der Waals surface area (Å²) >= 11 is 11.3. The van der Waals surface area contributed by atoms with Gasteiger partial charge in [0, 0.05) is 6.42 Å². The van der Waals surface area contributed by atoms with E-state index in [1.807, 2.05) is 0 Å². The first-order valence-corrected chi connectivity index (χ1v) is 6.78. The van der Waals surface area contributed by atoms with E-state index < -0.39 is 17.7 Å². The summed E-state index contributed by atoms with van der Waals surface area (Å²) in [6.45, 7) is 0. The van der Waals surface area contributed by atoms with Crippen molar-refractivity contribution in [1.82, 2.24) is 0 Å². The normalized spacial score (nSPS) is 12.4. The molecule has 0 aliphatic heterocycles. The molecular weight excluding hydrogens is 305 g/mol. The lowest BCUT2D eigenvalue weighted by Gasteiger charge is -2.12. The van der Waals surface area contributed by atoms with E-state index in [-0.39, 0.29) is 22.9 Å². The van der Waals surface area contributed by atoms with Crippen LogP contribution in [0, 0.1) is 11.6 Å². The van der Waals surface area contributed by atoms with Crippen molar-refractivity contribution < 1.29 is 13.9 Å². The van der Waals surface area contributed by atoms with Crippen molar-refractivity contribution in [3.8, 4) is 0 Å². The molecule has 0 aliphatic carbocycles. The molecule has 0 radical (unpaired) electrons. The van der Waals surface area contributed by atoms with Crippen LogP contribution in [0.1, 0.15) is 11.1 Å². The van der Waals surface area contributed by atoms with Gasteiger partial charge in [-0.05, 0) is 35.7 Å². The van der Waals surface area contributed by atoms with Crippen molar-refractivity contribution >= 4 is 23.2 Å². The molecule has 0 saturated heterocycles. The molecule has 2 aromatic carbocycles. The van der Waals surface area contributed by atoms with Crippen LogP contribution in [0.2, 0.25) is 10.0 Å². The van der Waals surface area contributed by atoms with Crippen LogP contribution in [-0.2, 0) is 12.8 Å². The Morgan fingerprint density at radius 1 is 1.00 bits per heavy atom. The lowest BCUT2D eigenvalue weighted by molar-refractivity contribution is 0.174. The summed E-state index contributed by atoms with van der Waals surface area (Å²) < 4.78 is 27.0. The minimum atomic E-state index is -0.830. The van der Waals surface area contributed by atoms with Crippen LogP contribution in [0.3, 0.4) is 0 Å². The number of halogens is 4. The Labute approximate surface area is 125 Å². The molecular formula is C15H12Cl2F2O. The number of hydrogen-bond donors (Lipinski definition) is 1. The van der Waals surface area contributed by atoms with Gasteiger partial charge in [0.2, 0.25) is 0 Å². The van der Waals surface area contributed by atoms with Gasteiger partial charge < -0.3 is 5.11 Å². The molecule has 2 aromatic rings. The van der Waals surface area contributed by atoms with Gasteiger partial charge in [-0.25, -0.2) is 8.78 Å². The summed E-state index contributed by atoms with van der Waals surface area (Å²) in [7, 11) is 0. The van der Waals surface area contributed by atoms with Gasteiger partial charge in [-0.1, -0.05) is 41.4 Å². The quantitative estimate of drug-likeness (QED) is 0.885. The van der Waals surface area contributed by atoms with Crippen LogP contribution in [-0.4, -0.2) is 11.2 Å². The van der Waals surface area contributed by atoms with Gasteiger partial charge in [-0.2, -0.15) is 0 Å². The average Bonchev–Trinajstić information content (AvgIpc) is 2.39. The smallest absolute Gasteiger partial charge is 0.145 e. The Morgan fingerprint density at radius 3 is 2.45 bits per heavy atom. The summed E-state index contributed by atoms with van der Waals surface area (Å²) in [6, 6.07) is 8.95. The van der Waals surface area contributed by atoms with Crippen molar-refractivity contribution in [1.29, 1.82) is 0 Å². The predicted molar refractivity (Wildman–Crippen MR) is 76.2 cm³/mol. The molecule has 0 heterocycles. The monoisotopic (exact) mass is 316 g/mol. The molecule has 1 unspecified atom stereocenters. The Morgan fingerprint density at radius 2 is 1.75 bits per heavy atom. The molecule has 20 heavy (non-hydrogen) atoms. The molecule has 0 spiro atoms. The van der Waals surface area contributed by atoms with Gasteiger partial charge in [0.25, 0.3) is 0 Å². The minimum Gasteiger partial charge on any atom is -0.392 e. The van der Waals surface area contributed by atoms with E-state index in [4.69, 9.17) is 23.2 Å². The van der Waals surface area contributed by atoms with Crippen molar-refractivity contribution in [2.45, 2.75) is 18.9 Å². The van der Waals surface area contributed by atoms with Gasteiger partial charge in [-0.3, -0.25) is 0 Å². The first-order chi connectivity index (χ1) is 9.47. The third-order valence-corrected chi connectivity index (χ3v) is 3.54. The average molecular weight is 317 g/mol.